The molecule has 0 aliphatic carbocycles. The highest BCUT2D eigenvalue weighted by atomic mass is 16.7. The van der Waals surface area contributed by atoms with Gasteiger partial charge in [-0.15, -0.1) is 5.10 Å². The molecule has 0 atom stereocenters. The molecule has 0 spiro atoms. The number of carbonyl (C=O) groups excluding carboxylic acids is 1. The van der Waals surface area contributed by atoms with E-state index >= 15 is 0 Å². The Bertz CT molecular complexity index is 1340. The monoisotopic (exact) mass is 445 g/mol. The zero-order valence-corrected chi connectivity index (χ0v) is 18.6. The lowest BCUT2D eigenvalue weighted by molar-refractivity contribution is 0.0945. The molecule has 1 N–H and O–H groups in total. The first-order valence-electron chi connectivity index (χ1n) is 10.6. The van der Waals surface area contributed by atoms with E-state index < -0.39 is 0 Å². The van der Waals surface area contributed by atoms with Crippen LogP contribution >= 0.6 is 0 Å². The average Bonchev–Trinajstić information content (AvgIpc) is 3.51. The number of fused-ring (bicyclic) bond motifs is 1. The molecule has 1 aliphatic heterocycles. The zero-order valence-electron chi connectivity index (χ0n) is 18.6. The normalized spacial score (nSPS) is 12.2. The smallest absolute Gasteiger partial charge is 0.274 e. The van der Waals surface area contributed by atoms with Crippen LogP contribution in [0.15, 0.2) is 46.9 Å². The summed E-state index contributed by atoms with van der Waals surface area (Å²) in [5, 5.41) is 11.1. The molecule has 0 fully saturated rings. The maximum Gasteiger partial charge on any atom is 0.274 e. The van der Waals surface area contributed by atoms with Crippen molar-refractivity contribution in [1.82, 2.24) is 25.3 Å². The van der Waals surface area contributed by atoms with Gasteiger partial charge in [-0.05, 0) is 50.6 Å². The van der Waals surface area contributed by atoms with Crippen molar-refractivity contribution in [2.45, 2.75) is 33.9 Å². The summed E-state index contributed by atoms with van der Waals surface area (Å²) < 4.78 is 18.2. The SMILES string of the molecule is Cc1cccc(-c2nc(Cn3nnc(C(=O)NCc4ccc5c(c4)OCO5)c3C)c(C)o2)c1. The third kappa shape index (κ3) is 4.17. The maximum atomic E-state index is 12.7. The fourth-order valence-electron chi connectivity index (χ4n) is 3.66. The topological polar surface area (TPSA) is 104 Å². The van der Waals surface area contributed by atoms with Crippen molar-refractivity contribution in [3.63, 3.8) is 0 Å². The average molecular weight is 445 g/mol. The highest BCUT2D eigenvalue weighted by Crippen LogP contribution is 2.32. The summed E-state index contributed by atoms with van der Waals surface area (Å²) in [4.78, 5) is 17.3. The van der Waals surface area contributed by atoms with E-state index in [1.165, 1.54) is 0 Å². The summed E-state index contributed by atoms with van der Waals surface area (Å²) in [6.07, 6.45) is 0. The van der Waals surface area contributed by atoms with Crippen molar-refractivity contribution in [1.29, 1.82) is 0 Å². The van der Waals surface area contributed by atoms with Crippen LogP contribution in [-0.2, 0) is 13.1 Å². The van der Waals surface area contributed by atoms with Gasteiger partial charge in [0.25, 0.3) is 5.91 Å². The first-order chi connectivity index (χ1) is 16.0. The molecule has 0 saturated carbocycles. The lowest BCUT2D eigenvalue weighted by Crippen LogP contribution is -2.24. The fraction of sp³-hybridized carbons (Fsp3) is 0.250. The van der Waals surface area contributed by atoms with Crippen LogP contribution in [0.5, 0.6) is 11.5 Å². The molecule has 0 bridgehead atoms. The van der Waals surface area contributed by atoms with Gasteiger partial charge in [-0.3, -0.25) is 4.79 Å². The van der Waals surface area contributed by atoms with Gasteiger partial charge < -0.3 is 19.2 Å². The van der Waals surface area contributed by atoms with Gasteiger partial charge >= 0.3 is 0 Å². The Morgan fingerprint density at radius 1 is 1.09 bits per heavy atom. The third-order valence-electron chi connectivity index (χ3n) is 5.54. The van der Waals surface area contributed by atoms with Crippen molar-refractivity contribution >= 4 is 5.91 Å². The van der Waals surface area contributed by atoms with Gasteiger partial charge in [0.2, 0.25) is 12.7 Å². The van der Waals surface area contributed by atoms with Gasteiger partial charge in [0, 0.05) is 12.1 Å². The molecule has 3 heterocycles. The Kier molecular flexibility index (Phi) is 5.29. The van der Waals surface area contributed by atoms with Gasteiger partial charge in [0.15, 0.2) is 17.2 Å². The molecule has 0 unspecified atom stereocenters. The zero-order chi connectivity index (χ0) is 22.9. The third-order valence-corrected chi connectivity index (χ3v) is 5.54. The quantitative estimate of drug-likeness (QED) is 0.484. The van der Waals surface area contributed by atoms with Crippen LogP contribution < -0.4 is 14.8 Å². The summed E-state index contributed by atoms with van der Waals surface area (Å²) >= 11 is 0. The summed E-state index contributed by atoms with van der Waals surface area (Å²) in [7, 11) is 0. The van der Waals surface area contributed by atoms with Crippen molar-refractivity contribution in [3.8, 4) is 23.0 Å². The van der Waals surface area contributed by atoms with Crippen molar-refractivity contribution in [2.24, 2.45) is 0 Å². The molecular weight excluding hydrogens is 422 g/mol. The number of nitrogens with one attached hydrogen (secondary N) is 1. The molecule has 1 amide bonds. The van der Waals surface area contributed by atoms with E-state index in [-0.39, 0.29) is 18.4 Å². The molecule has 2 aromatic heterocycles. The minimum absolute atomic E-state index is 0.213. The highest BCUT2D eigenvalue weighted by molar-refractivity contribution is 5.93. The number of ether oxygens (including phenoxy) is 2. The predicted octanol–water partition coefficient (Wildman–Crippen LogP) is 3.57. The van der Waals surface area contributed by atoms with Crippen LogP contribution in [0.25, 0.3) is 11.5 Å². The van der Waals surface area contributed by atoms with E-state index in [2.05, 4.69) is 20.6 Å². The van der Waals surface area contributed by atoms with E-state index in [9.17, 15) is 4.79 Å². The molecule has 9 nitrogen and oxygen atoms in total. The number of benzene rings is 2. The summed E-state index contributed by atoms with van der Waals surface area (Å²) in [6.45, 7) is 6.61. The number of aryl methyl sites for hydroxylation is 2. The van der Waals surface area contributed by atoms with Crippen LogP contribution in [0, 0.1) is 20.8 Å². The van der Waals surface area contributed by atoms with Crippen molar-refractivity contribution in [2.75, 3.05) is 6.79 Å². The first kappa shape index (κ1) is 20.7. The molecule has 1 aliphatic rings. The second kappa shape index (κ2) is 8.42. The van der Waals surface area contributed by atoms with E-state index in [0.29, 0.717) is 41.9 Å². The Balaban J connectivity index is 1.28. The standard InChI is InChI=1S/C24H23N5O4/c1-14-5-4-6-18(9-14)24-26-19(16(3)33-24)12-29-15(2)22(27-28-29)23(30)25-11-17-7-8-20-21(10-17)32-13-31-20/h4-10H,11-13H2,1-3H3,(H,25,30). The molecule has 2 aromatic carbocycles. The molecule has 0 saturated heterocycles. The summed E-state index contributed by atoms with van der Waals surface area (Å²) in [6, 6.07) is 13.6. The van der Waals surface area contributed by atoms with E-state index in [1.54, 1.807) is 4.68 Å². The summed E-state index contributed by atoms with van der Waals surface area (Å²) in [5.41, 5.74) is 4.62. The van der Waals surface area contributed by atoms with Gasteiger partial charge in [0.05, 0.1) is 12.2 Å². The number of nitrogens with zero attached hydrogens (tertiary/aromatic N) is 4. The van der Waals surface area contributed by atoms with E-state index in [0.717, 1.165) is 22.4 Å². The van der Waals surface area contributed by atoms with Gasteiger partial charge in [0.1, 0.15) is 11.5 Å². The van der Waals surface area contributed by atoms with Crippen LogP contribution in [0.4, 0.5) is 0 Å². The minimum atomic E-state index is -0.297. The van der Waals surface area contributed by atoms with Gasteiger partial charge in [-0.25, -0.2) is 9.67 Å². The van der Waals surface area contributed by atoms with Crippen LogP contribution in [-0.4, -0.2) is 32.7 Å². The van der Waals surface area contributed by atoms with Gasteiger partial charge in [-0.2, -0.15) is 0 Å². The lowest BCUT2D eigenvalue weighted by atomic mass is 10.1. The number of amides is 1. The van der Waals surface area contributed by atoms with E-state index in [4.69, 9.17) is 13.9 Å². The van der Waals surface area contributed by atoms with Crippen LogP contribution in [0.2, 0.25) is 0 Å². The van der Waals surface area contributed by atoms with Crippen LogP contribution in [0.1, 0.15) is 38.8 Å². The molecule has 33 heavy (non-hydrogen) atoms. The number of hydrogen-bond acceptors (Lipinski definition) is 7. The lowest BCUT2D eigenvalue weighted by Gasteiger charge is -2.06. The Hall–Kier alpha value is -4.14. The van der Waals surface area contributed by atoms with E-state index in [1.807, 2.05) is 63.2 Å². The molecule has 9 heteroatoms. The molecule has 5 rings (SSSR count). The second-order valence-corrected chi connectivity index (χ2v) is 7.94. The summed E-state index contributed by atoms with van der Waals surface area (Å²) in [5.74, 6) is 2.35. The maximum absolute atomic E-state index is 12.7. The second-order valence-electron chi connectivity index (χ2n) is 7.94. The fourth-order valence-corrected chi connectivity index (χ4v) is 3.66. The Morgan fingerprint density at radius 2 is 1.94 bits per heavy atom. The Labute approximate surface area is 190 Å². The molecule has 168 valence electrons. The number of carbonyl (C=O) groups is 1. The number of hydrogen-bond donors (Lipinski definition) is 1. The first-order valence-corrected chi connectivity index (χ1v) is 10.6. The predicted molar refractivity (Wildman–Crippen MR) is 119 cm³/mol. The minimum Gasteiger partial charge on any atom is -0.454 e. The largest absolute Gasteiger partial charge is 0.454 e. The number of oxazole rings is 1. The highest BCUT2D eigenvalue weighted by Gasteiger charge is 2.20. The molecule has 4 aromatic rings. The molecule has 0 radical (unpaired) electrons. The van der Waals surface area contributed by atoms with Crippen molar-refractivity contribution < 1.29 is 18.7 Å². The Morgan fingerprint density at radius 3 is 2.79 bits per heavy atom. The number of rotatable bonds is 6. The molecular formula is C24H23N5O4. The van der Waals surface area contributed by atoms with Crippen LogP contribution in [0.3, 0.4) is 0 Å². The number of aromatic nitrogens is 4. The van der Waals surface area contributed by atoms with Gasteiger partial charge in [-0.1, -0.05) is 29.0 Å². The van der Waals surface area contributed by atoms with Crippen molar-refractivity contribution in [3.05, 3.63) is 76.4 Å².